The van der Waals surface area contributed by atoms with Gasteiger partial charge in [0.25, 0.3) is 11.8 Å². The van der Waals surface area contributed by atoms with Crippen molar-refractivity contribution in [2.24, 2.45) is 0 Å². The highest BCUT2D eigenvalue weighted by Gasteiger charge is 2.33. The van der Waals surface area contributed by atoms with E-state index in [1.165, 1.54) is 24.3 Å². The van der Waals surface area contributed by atoms with Crippen molar-refractivity contribution in [3.63, 3.8) is 0 Å². The molecular formula is C40H37BrF2N6O4. The van der Waals surface area contributed by atoms with Crippen molar-refractivity contribution < 1.29 is 27.8 Å². The topological polar surface area (TPSA) is 104 Å². The SMILES string of the molecule is C[C@@H]1Cn2nc(OCc3ccccc3)cc2C(=O)N1.C[C@@H]1Cn2nc(OCc3ccccc3)cc2C(=O)N1c1ccc(F)cc1.Fc1ccc(Br)cc1. The number of hydrogen-bond donors (Lipinski definition) is 1. The van der Waals surface area contributed by atoms with Gasteiger partial charge in [-0.2, -0.15) is 0 Å². The van der Waals surface area contributed by atoms with Crippen LogP contribution in [0.1, 0.15) is 46.0 Å². The van der Waals surface area contributed by atoms with Gasteiger partial charge in [-0.3, -0.25) is 19.0 Å². The maximum Gasteiger partial charge on any atom is 0.277 e. The van der Waals surface area contributed by atoms with Gasteiger partial charge in [0.1, 0.15) is 36.2 Å². The summed E-state index contributed by atoms with van der Waals surface area (Å²) in [5.74, 6) is 0.118. The fourth-order valence-corrected chi connectivity index (χ4v) is 5.95. The summed E-state index contributed by atoms with van der Waals surface area (Å²) in [5.41, 5.74) is 3.80. The lowest BCUT2D eigenvalue weighted by atomic mass is 10.1. The fraction of sp³-hybridized carbons (Fsp3) is 0.200. The summed E-state index contributed by atoms with van der Waals surface area (Å²) in [4.78, 5) is 26.3. The van der Waals surface area contributed by atoms with Crippen molar-refractivity contribution in [2.75, 3.05) is 4.90 Å². The van der Waals surface area contributed by atoms with Gasteiger partial charge >= 0.3 is 0 Å². The van der Waals surface area contributed by atoms with E-state index in [4.69, 9.17) is 9.47 Å². The Balaban J connectivity index is 0.000000155. The van der Waals surface area contributed by atoms with Crippen molar-refractivity contribution in [2.45, 2.75) is 52.2 Å². The first kappa shape index (κ1) is 37.0. The molecule has 4 aromatic carbocycles. The van der Waals surface area contributed by atoms with Crippen molar-refractivity contribution in [1.82, 2.24) is 24.9 Å². The first-order valence-electron chi connectivity index (χ1n) is 16.9. The van der Waals surface area contributed by atoms with Gasteiger partial charge in [0.15, 0.2) is 0 Å². The predicted octanol–water partition coefficient (Wildman–Crippen LogP) is 7.83. The van der Waals surface area contributed by atoms with E-state index in [0.717, 1.165) is 15.6 Å². The van der Waals surface area contributed by atoms with Gasteiger partial charge in [0.2, 0.25) is 11.8 Å². The van der Waals surface area contributed by atoms with Gasteiger partial charge in [-0.1, -0.05) is 76.6 Å². The number of carbonyl (C=O) groups excluding carboxylic acids is 2. The van der Waals surface area contributed by atoms with E-state index in [0.29, 0.717) is 55.1 Å². The van der Waals surface area contributed by atoms with Gasteiger partial charge in [-0.25, -0.2) is 8.78 Å². The van der Waals surface area contributed by atoms with E-state index < -0.39 is 0 Å². The molecule has 13 heteroatoms. The summed E-state index contributed by atoms with van der Waals surface area (Å²) >= 11 is 3.18. The highest BCUT2D eigenvalue weighted by atomic mass is 79.9. The van der Waals surface area contributed by atoms with Crippen LogP contribution in [0.3, 0.4) is 0 Å². The molecule has 6 aromatic rings. The number of nitrogens with one attached hydrogen (secondary N) is 1. The number of ether oxygens (including phenoxy) is 2. The summed E-state index contributed by atoms with van der Waals surface area (Å²) < 4.78 is 40.9. The number of halogens is 3. The lowest BCUT2D eigenvalue weighted by Gasteiger charge is -2.33. The van der Waals surface area contributed by atoms with Gasteiger partial charge < -0.3 is 19.7 Å². The Kier molecular flexibility index (Phi) is 11.9. The third-order valence-electron chi connectivity index (χ3n) is 8.26. The van der Waals surface area contributed by atoms with Crippen LogP contribution in [0.15, 0.2) is 126 Å². The Bertz CT molecular complexity index is 2110. The largest absolute Gasteiger partial charge is 0.472 e. The standard InChI is InChI=1S/C20H18FN3O2.C14H15N3O2.C6H4BrF/c1-14-12-23-18(20(25)24(14)17-9-7-16(21)8-10-17)11-19(22-23)26-13-15-5-3-2-4-6-15;1-10-8-17-12(14(18)15-10)7-13(16-17)19-9-11-5-3-2-4-6-11;7-5-1-3-6(8)4-2-5/h2-11,14H,12-13H2,1H3;2-7,10H,8-9H2,1H3,(H,15,18);1-4H/t14-;10-;/m11./s1. The minimum Gasteiger partial charge on any atom is -0.472 e. The van der Waals surface area contributed by atoms with Crippen LogP contribution in [-0.4, -0.2) is 43.5 Å². The molecule has 0 saturated carbocycles. The monoisotopic (exact) mass is 782 g/mol. The van der Waals surface area contributed by atoms with Crippen LogP contribution in [0.2, 0.25) is 0 Å². The number of rotatable bonds is 7. The lowest BCUT2D eigenvalue weighted by molar-refractivity contribution is 0.0899. The Morgan fingerprint density at radius 3 is 1.72 bits per heavy atom. The van der Waals surface area contributed by atoms with Gasteiger partial charge in [-0.15, -0.1) is 10.2 Å². The molecule has 4 heterocycles. The van der Waals surface area contributed by atoms with E-state index in [1.807, 2.05) is 74.5 Å². The number of nitrogens with zero attached hydrogens (tertiary/aromatic N) is 5. The second-order valence-electron chi connectivity index (χ2n) is 12.5. The second-order valence-corrected chi connectivity index (χ2v) is 13.4. The van der Waals surface area contributed by atoms with Crippen LogP contribution >= 0.6 is 15.9 Å². The van der Waals surface area contributed by atoms with E-state index in [1.54, 1.807) is 50.7 Å². The van der Waals surface area contributed by atoms with Crippen molar-refractivity contribution >= 4 is 33.4 Å². The average molecular weight is 784 g/mol. The number of amides is 2. The predicted molar refractivity (Wildman–Crippen MR) is 200 cm³/mol. The fourth-order valence-electron chi connectivity index (χ4n) is 5.68. The highest BCUT2D eigenvalue weighted by Crippen LogP contribution is 2.27. The molecular weight excluding hydrogens is 746 g/mol. The van der Waals surface area contributed by atoms with Crippen LogP contribution in [0.4, 0.5) is 14.5 Å². The average Bonchev–Trinajstić information content (AvgIpc) is 3.77. The summed E-state index contributed by atoms with van der Waals surface area (Å²) in [7, 11) is 0. The number of anilines is 1. The summed E-state index contributed by atoms with van der Waals surface area (Å²) in [6.45, 7) is 5.96. The van der Waals surface area contributed by atoms with Crippen LogP contribution in [0.5, 0.6) is 11.8 Å². The molecule has 0 aliphatic carbocycles. The van der Waals surface area contributed by atoms with Crippen LogP contribution < -0.4 is 19.7 Å². The third-order valence-corrected chi connectivity index (χ3v) is 8.78. The first-order valence-corrected chi connectivity index (χ1v) is 17.7. The molecule has 0 bridgehead atoms. The van der Waals surface area contributed by atoms with Gasteiger partial charge in [-0.05, 0) is 73.5 Å². The molecule has 0 saturated heterocycles. The zero-order valence-corrected chi connectivity index (χ0v) is 30.6. The quantitative estimate of drug-likeness (QED) is 0.177. The van der Waals surface area contributed by atoms with Crippen LogP contribution in [-0.2, 0) is 26.3 Å². The summed E-state index contributed by atoms with van der Waals surface area (Å²) in [6, 6.07) is 35.1. The molecule has 272 valence electrons. The zero-order chi connectivity index (χ0) is 37.3. The molecule has 1 N–H and O–H groups in total. The molecule has 0 radical (unpaired) electrons. The number of hydrogen-bond acceptors (Lipinski definition) is 6. The minimum atomic E-state index is -0.326. The number of aromatic nitrogens is 4. The molecule has 0 spiro atoms. The molecule has 8 rings (SSSR count). The Morgan fingerprint density at radius 2 is 1.19 bits per heavy atom. The lowest BCUT2D eigenvalue weighted by Crippen LogP contribution is -2.46. The minimum absolute atomic E-state index is 0.0951. The number of fused-ring (bicyclic) bond motifs is 2. The molecule has 2 aromatic heterocycles. The van der Waals surface area contributed by atoms with E-state index in [9.17, 15) is 18.4 Å². The molecule has 53 heavy (non-hydrogen) atoms. The molecule has 10 nitrogen and oxygen atoms in total. The maximum absolute atomic E-state index is 13.2. The molecule has 2 aliphatic rings. The van der Waals surface area contributed by atoms with E-state index in [2.05, 4.69) is 31.4 Å². The Morgan fingerprint density at radius 1 is 0.698 bits per heavy atom. The smallest absolute Gasteiger partial charge is 0.277 e. The molecule has 2 atom stereocenters. The summed E-state index contributed by atoms with van der Waals surface area (Å²) in [6.07, 6.45) is 0. The molecule has 2 amide bonds. The highest BCUT2D eigenvalue weighted by molar-refractivity contribution is 9.10. The van der Waals surface area contributed by atoms with Crippen molar-refractivity contribution in [3.8, 4) is 11.8 Å². The van der Waals surface area contributed by atoms with Crippen LogP contribution in [0, 0.1) is 11.6 Å². The maximum atomic E-state index is 13.2. The summed E-state index contributed by atoms with van der Waals surface area (Å²) in [5, 5.41) is 11.6. The van der Waals surface area contributed by atoms with Gasteiger partial charge in [0.05, 0.1) is 19.1 Å². The Labute approximate surface area is 314 Å². The molecule has 0 unspecified atom stereocenters. The van der Waals surface area contributed by atoms with Crippen LogP contribution in [0.25, 0.3) is 0 Å². The van der Waals surface area contributed by atoms with Crippen molar-refractivity contribution in [1.29, 1.82) is 0 Å². The molecule has 2 aliphatic heterocycles. The molecule has 0 fully saturated rings. The first-order chi connectivity index (χ1) is 25.6. The number of benzene rings is 4. The van der Waals surface area contributed by atoms with Gasteiger partial charge in [0, 0.05) is 28.3 Å². The zero-order valence-electron chi connectivity index (χ0n) is 29.0. The van der Waals surface area contributed by atoms with Crippen molar-refractivity contribution in [3.05, 3.63) is 160 Å². The normalized spacial score (nSPS) is 15.8. The van der Waals surface area contributed by atoms with E-state index >= 15 is 0 Å². The third kappa shape index (κ3) is 9.74. The number of carbonyl (C=O) groups is 2. The van der Waals surface area contributed by atoms with E-state index in [-0.39, 0.29) is 35.5 Å². The Hall–Kier alpha value is -5.82. The second kappa shape index (κ2) is 17.1.